The number of fused-ring (bicyclic) bond motifs is 3. The summed E-state index contributed by atoms with van der Waals surface area (Å²) in [5.41, 5.74) is 3.11. The number of pyridine rings is 1. The zero-order valence-electron chi connectivity index (χ0n) is 14.1. The number of carbonyl (C=O) groups excluding carboxylic acids is 1. The van der Waals surface area contributed by atoms with Crippen LogP contribution in [-0.4, -0.2) is 12.4 Å². The second-order valence-corrected chi connectivity index (χ2v) is 6.49. The van der Waals surface area contributed by atoms with E-state index in [-0.39, 0.29) is 0 Å². The molecule has 0 saturated carbocycles. The molecule has 2 aromatic carbocycles. The molecule has 0 saturated heterocycles. The van der Waals surface area contributed by atoms with Gasteiger partial charge in [0.05, 0.1) is 11.3 Å². The third kappa shape index (κ3) is 2.43. The summed E-state index contributed by atoms with van der Waals surface area (Å²) in [6.07, 6.45) is 1.56. The van der Waals surface area contributed by atoms with Gasteiger partial charge in [0.25, 0.3) is 0 Å². The molecule has 25 heavy (non-hydrogen) atoms. The molecule has 2 heterocycles. The van der Waals surface area contributed by atoms with Gasteiger partial charge in [-0.2, -0.15) is 0 Å². The number of rotatable bonds is 2. The highest BCUT2D eigenvalue weighted by atomic mass is 19.1. The molecule has 3 aromatic rings. The van der Waals surface area contributed by atoms with Crippen molar-refractivity contribution in [1.29, 1.82) is 0 Å². The van der Waals surface area contributed by atoms with Crippen molar-refractivity contribution in [2.45, 2.75) is 13.8 Å². The molecule has 0 radical (unpaired) electrons. The largest absolute Gasteiger partial charge is 0.704 e. The molecule has 124 valence electrons. The molecule has 0 aliphatic carbocycles. The van der Waals surface area contributed by atoms with Crippen molar-refractivity contribution in [2.24, 2.45) is 0 Å². The summed E-state index contributed by atoms with van der Waals surface area (Å²) in [5.74, 6) is 0.389. The minimum atomic E-state index is -3.42. The fourth-order valence-corrected chi connectivity index (χ4v) is 3.25. The van der Waals surface area contributed by atoms with E-state index in [1.165, 1.54) is 4.48 Å². The van der Waals surface area contributed by atoms with Gasteiger partial charge in [0.1, 0.15) is 6.20 Å². The van der Waals surface area contributed by atoms with Crippen LogP contribution in [0.4, 0.5) is 4.32 Å². The van der Waals surface area contributed by atoms with Gasteiger partial charge in [-0.15, -0.1) is 0 Å². The highest BCUT2D eigenvalue weighted by Crippen LogP contribution is 2.35. The molecule has 0 amide bonds. The van der Waals surface area contributed by atoms with E-state index < -0.39 is 12.4 Å². The summed E-state index contributed by atoms with van der Waals surface area (Å²) in [5, 5.41) is 0. The summed E-state index contributed by atoms with van der Waals surface area (Å²) in [6, 6.07) is 17.7. The molecule has 0 bridgehead atoms. The van der Waals surface area contributed by atoms with Crippen LogP contribution >= 0.6 is 0 Å². The van der Waals surface area contributed by atoms with Crippen molar-refractivity contribution < 1.29 is 18.2 Å². The number of aryl methyl sites for hydroxylation is 2. The highest BCUT2D eigenvalue weighted by molar-refractivity contribution is 6.93. The first-order valence-corrected chi connectivity index (χ1v) is 8.24. The van der Waals surface area contributed by atoms with Gasteiger partial charge in [-0.1, -0.05) is 47.5 Å². The van der Waals surface area contributed by atoms with Gasteiger partial charge in [0.2, 0.25) is 0 Å². The van der Waals surface area contributed by atoms with Gasteiger partial charge < -0.3 is 18.2 Å². The van der Waals surface area contributed by atoms with Crippen LogP contribution in [0.1, 0.15) is 21.5 Å². The SMILES string of the molecule is Cc1ccc(C(=O)[B-]2(F)Oc3ccc(C)cc3-c3cccc[n+]32)cc1. The summed E-state index contributed by atoms with van der Waals surface area (Å²) in [7, 11) is 0. The first-order valence-electron chi connectivity index (χ1n) is 8.24. The quantitative estimate of drug-likeness (QED) is 0.667. The van der Waals surface area contributed by atoms with E-state index >= 15 is 4.32 Å². The van der Waals surface area contributed by atoms with Crippen LogP contribution in [0.15, 0.2) is 66.9 Å². The minimum absolute atomic E-state index is 0.297. The zero-order chi connectivity index (χ0) is 17.6. The Labute approximate surface area is 145 Å². The number of aromatic nitrogens is 1. The molecular formula is C20H17BFNO2. The second kappa shape index (κ2) is 5.55. The van der Waals surface area contributed by atoms with Crippen LogP contribution in [0.3, 0.4) is 0 Å². The Morgan fingerprint density at radius 2 is 1.72 bits per heavy atom. The van der Waals surface area contributed by atoms with Crippen LogP contribution < -0.4 is 9.13 Å². The number of hydrogen-bond acceptors (Lipinski definition) is 2. The van der Waals surface area contributed by atoms with Crippen molar-refractivity contribution >= 4 is 12.4 Å². The number of nitrogens with zero attached hydrogens (tertiary/aromatic N) is 1. The molecule has 0 fully saturated rings. The standard InChI is InChI=1S/C20H17BFNO2/c1-14-6-9-16(10-7-14)20(24)21(22)23-12-4-3-5-18(23)17-13-15(2)8-11-19(17)25-21/h3-13H,1-2H3. The number of hydrogen-bond donors (Lipinski definition) is 0. The lowest BCUT2D eigenvalue weighted by Crippen LogP contribution is -2.73. The van der Waals surface area contributed by atoms with Gasteiger partial charge in [-0.25, -0.2) is 0 Å². The Kier molecular flexibility index (Phi) is 3.46. The molecule has 1 aromatic heterocycles. The first kappa shape index (κ1) is 15.6. The lowest BCUT2D eigenvalue weighted by molar-refractivity contribution is -0.554. The van der Waals surface area contributed by atoms with Crippen LogP contribution in [0.5, 0.6) is 5.75 Å². The predicted molar refractivity (Wildman–Crippen MR) is 95.2 cm³/mol. The number of benzene rings is 2. The topological polar surface area (TPSA) is 30.2 Å². The second-order valence-electron chi connectivity index (χ2n) is 6.49. The number of halogens is 1. The normalized spacial score (nSPS) is 18.0. The summed E-state index contributed by atoms with van der Waals surface area (Å²) in [6.45, 7) is 0.463. The Hall–Kier alpha value is -2.95. The molecule has 0 N–H and O–H groups in total. The lowest BCUT2D eigenvalue weighted by Gasteiger charge is -2.34. The van der Waals surface area contributed by atoms with Crippen LogP contribution in [0, 0.1) is 13.8 Å². The Bertz CT molecular complexity index is 987. The van der Waals surface area contributed by atoms with Crippen LogP contribution in [-0.2, 0) is 0 Å². The maximum absolute atomic E-state index is 16.0. The molecule has 4 rings (SSSR count). The fourth-order valence-electron chi connectivity index (χ4n) is 3.25. The summed E-state index contributed by atoms with van der Waals surface area (Å²) >= 11 is 0. The Morgan fingerprint density at radius 1 is 1.00 bits per heavy atom. The van der Waals surface area contributed by atoms with Gasteiger partial charge in [0.15, 0.2) is 11.4 Å². The monoisotopic (exact) mass is 333 g/mol. The zero-order valence-corrected chi connectivity index (χ0v) is 14.1. The van der Waals surface area contributed by atoms with Crippen molar-refractivity contribution in [3.8, 4) is 17.0 Å². The van der Waals surface area contributed by atoms with Gasteiger partial charge >= 0.3 is 6.76 Å². The third-order valence-electron chi connectivity index (χ3n) is 4.60. The molecule has 0 spiro atoms. The Morgan fingerprint density at radius 3 is 2.48 bits per heavy atom. The van der Waals surface area contributed by atoms with Crippen molar-refractivity contribution in [2.75, 3.05) is 0 Å². The van der Waals surface area contributed by atoms with Crippen LogP contribution in [0.2, 0.25) is 0 Å². The van der Waals surface area contributed by atoms with E-state index in [4.69, 9.17) is 4.65 Å². The maximum Gasteiger partial charge on any atom is 0.704 e. The molecule has 1 aliphatic rings. The van der Waals surface area contributed by atoms with E-state index in [2.05, 4.69) is 0 Å². The number of carbonyl (C=O) groups is 1. The molecule has 1 atom stereocenters. The Balaban J connectivity index is 1.89. The van der Waals surface area contributed by atoms with E-state index in [1.807, 2.05) is 32.0 Å². The molecule has 1 aliphatic heterocycles. The summed E-state index contributed by atoms with van der Waals surface area (Å²) < 4.78 is 23.0. The van der Waals surface area contributed by atoms with Crippen molar-refractivity contribution in [3.05, 3.63) is 83.6 Å². The van der Waals surface area contributed by atoms with Gasteiger partial charge in [-0.3, -0.25) is 0 Å². The molecule has 5 heteroatoms. The van der Waals surface area contributed by atoms with E-state index in [0.717, 1.165) is 16.7 Å². The molecule has 3 nitrogen and oxygen atoms in total. The van der Waals surface area contributed by atoms with E-state index in [0.29, 0.717) is 17.0 Å². The minimum Gasteiger partial charge on any atom is -0.624 e. The third-order valence-corrected chi connectivity index (χ3v) is 4.60. The average Bonchev–Trinajstić information content (AvgIpc) is 2.63. The predicted octanol–water partition coefficient (Wildman–Crippen LogP) is 3.83. The molecular weight excluding hydrogens is 316 g/mol. The molecule has 1 unspecified atom stereocenters. The first-order chi connectivity index (χ1) is 12.0. The highest BCUT2D eigenvalue weighted by Gasteiger charge is 2.55. The maximum atomic E-state index is 16.0. The van der Waals surface area contributed by atoms with E-state index in [9.17, 15) is 4.79 Å². The summed E-state index contributed by atoms with van der Waals surface area (Å²) in [4.78, 5) is 13.0. The van der Waals surface area contributed by atoms with Gasteiger partial charge in [-0.05, 0) is 37.6 Å². The van der Waals surface area contributed by atoms with Crippen LogP contribution in [0.25, 0.3) is 11.3 Å². The smallest absolute Gasteiger partial charge is 0.624 e. The lowest BCUT2D eigenvalue weighted by atomic mass is 9.65. The van der Waals surface area contributed by atoms with Gasteiger partial charge in [0, 0.05) is 6.07 Å². The van der Waals surface area contributed by atoms with E-state index in [1.54, 1.807) is 48.7 Å². The van der Waals surface area contributed by atoms with Crippen molar-refractivity contribution in [1.82, 2.24) is 0 Å². The average molecular weight is 333 g/mol. The fraction of sp³-hybridized carbons (Fsp3) is 0.100. The van der Waals surface area contributed by atoms with Crippen molar-refractivity contribution in [3.63, 3.8) is 0 Å².